The van der Waals surface area contributed by atoms with E-state index in [2.05, 4.69) is 21.1 Å². The van der Waals surface area contributed by atoms with Crippen LogP contribution in [0.2, 0.25) is 0 Å². The van der Waals surface area contributed by atoms with Crippen LogP contribution in [0, 0.1) is 0 Å². The standard InChI is InChI=1S/C5H14NO.H3N.H3P/c1-6(2,3)4-5-7;;/h7H,4-5H2,1-3H3;2*1H3/q+1;;. The highest BCUT2D eigenvalue weighted by atomic mass is 31.0. The van der Waals surface area contributed by atoms with Crippen LogP contribution in [0.15, 0.2) is 0 Å². The van der Waals surface area contributed by atoms with Gasteiger partial charge >= 0.3 is 0 Å². The van der Waals surface area contributed by atoms with Gasteiger partial charge in [-0.1, -0.05) is 0 Å². The van der Waals surface area contributed by atoms with Crippen molar-refractivity contribution < 1.29 is 9.59 Å². The van der Waals surface area contributed by atoms with Gasteiger partial charge < -0.3 is 15.7 Å². The monoisotopic (exact) mass is 155 g/mol. The number of likely N-dealkylation sites (N-methyl/N-ethyl adjacent to an activating group) is 1. The lowest BCUT2D eigenvalue weighted by molar-refractivity contribution is -0.870. The van der Waals surface area contributed by atoms with Crippen molar-refractivity contribution in [3.8, 4) is 0 Å². The van der Waals surface area contributed by atoms with Gasteiger partial charge in [-0.15, -0.1) is 0 Å². The van der Waals surface area contributed by atoms with Crippen LogP contribution in [-0.2, 0) is 0 Å². The van der Waals surface area contributed by atoms with Crippen LogP contribution in [-0.4, -0.2) is 43.9 Å². The number of rotatable bonds is 2. The summed E-state index contributed by atoms with van der Waals surface area (Å²) in [5, 5.41) is 8.39. The van der Waals surface area contributed by atoms with Crippen LogP contribution in [0.1, 0.15) is 0 Å². The molecule has 4 N–H and O–H groups in total. The van der Waals surface area contributed by atoms with Gasteiger partial charge in [0.1, 0.15) is 6.54 Å². The highest BCUT2D eigenvalue weighted by Gasteiger charge is 2.02. The molecule has 0 saturated carbocycles. The summed E-state index contributed by atoms with van der Waals surface area (Å²) in [5.74, 6) is 0. The average Bonchev–Trinajstić information content (AvgIpc) is 1.30. The minimum atomic E-state index is 0. The molecule has 0 aromatic rings. The third-order valence-electron chi connectivity index (χ3n) is 0.771. The lowest BCUT2D eigenvalue weighted by atomic mass is 10.5. The highest BCUT2D eigenvalue weighted by molar-refractivity contribution is 6.92. The third kappa shape index (κ3) is 17.8. The molecule has 60 valence electrons. The number of nitrogens with zero attached hydrogens (tertiary/aromatic N) is 1. The summed E-state index contributed by atoms with van der Waals surface area (Å²) in [5.41, 5.74) is 0. The predicted molar refractivity (Wildman–Crippen MR) is 46.1 cm³/mol. The maximum absolute atomic E-state index is 8.39. The summed E-state index contributed by atoms with van der Waals surface area (Å²) in [7, 11) is 6.16. The Labute approximate surface area is 60.8 Å². The Morgan fingerprint density at radius 1 is 1.22 bits per heavy atom. The van der Waals surface area contributed by atoms with E-state index >= 15 is 0 Å². The van der Waals surface area contributed by atoms with Crippen molar-refractivity contribution in [1.29, 1.82) is 0 Å². The maximum Gasteiger partial charge on any atom is 0.101 e. The smallest absolute Gasteiger partial charge is 0.101 e. The Hall–Kier alpha value is 0.310. The molecule has 0 aliphatic carbocycles. The second-order valence-corrected chi connectivity index (χ2v) is 2.74. The second kappa shape index (κ2) is 6.43. The Kier molecular flexibility index (Phi) is 11.5. The van der Waals surface area contributed by atoms with Crippen molar-refractivity contribution in [2.24, 2.45) is 0 Å². The number of aliphatic hydroxyl groups excluding tert-OH is 1. The average molecular weight is 155 g/mol. The molecule has 3 nitrogen and oxygen atoms in total. The first-order valence-electron chi connectivity index (χ1n) is 2.47. The number of hydrogen-bond donors (Lipinski definition) is 2. The van der Waals surface area contributed by atoms with E-state index in [-0.39, 0.29) is 22.7 Å². The summed E-state index contributed by atoms with van der Waals surface area (Å²) in [6.45, 7) is 1.11. The summed E-state index contributed by atoms with van der Waals surface area (Å²) in [6, 6.07) is 0. The van der Waals surface area contributed by atoms with Crippen molar-refractivity contribution in [2.45, 2.75) is 0 Å². The molecule has 0 spiro atoms. The van der Waals surface area contributed by atoms with Crippen LogP contribution < -0.4 is 6.15 Å². The molecule has 0 heterocycles. The van der Waals surface area contributed by atoms with Crippen LogP contribution in [0.5, 0.6) is 0 Å². The Bertz CT molecular complexity index is 53.4. The predicted octanol–water partition coefficient (Wildman–Crippen LogP) is -0.0950. The minimum absolute atomic E-state index is 0. The van der Waals surface area contributed by atoms with E-state index in [0.29, 0.717) is 0 Å². The Balaban J connectivity index is -0.000000180. The first-order chi connectivity index (χ1) is 3.06. The van der Waals surface area contributed by atoms with Crippen molar-refractivity contribution in [2.75, 3.05) is 34.3 Å². The normalized spacial score (nSPS) is 9.33. The van der Waals surface area contributed by atoms with Crippen molar-refractivity contribution in [1.82, 2.24) is 6.15 Å². The van der Waals surface area contributed by atoms with E-state index in [4.69, 9.17) is 5.11 Å². The van der Waals surface area contributed by atoms with Gasteiger partial charge in [-0.25, -0.2) is 0 Å². The van der Waals surface area contributed by atoms with Gasteiger partial charge in [0.2, 0.25) is 0 Å². The molecule has 0 aliphatic heterocycles. The maximum atomic E-state index is 8.39. The largest absolute Gasteiger partial charge is 0.391 e. The van der Waals surface area contributed by atoms with Gasteiger partial charge in [-0.3, -0.25) is 0 Å². The molecule has 1 atom stereocenters. The Morgan fingerprint density at radius 2 is 1.56 bits per heavy atom. The first kappa shape index (κ1) is 16.1. The number of aliphatic hydroxyl groups is 1. The molecule has 0 radical (unpaired) electrons. The summed E-state index contributed by atoms with van der Waals surface area (Å²) in [4.78, 5) is 0. The fourth-order valence-electron chi connectivity index (χ4n) is 0.300. The summed E-state index contributed by atoms with van der Waals surface area (Å²) < 4.78 is 0.844. The molecule has 0 aliphatic rings. The lowest BCUT2D eigenvalue weighted by Gasteiger charge is -2.21. The molecule has 0 fully saturated rings. The number of hydrogen-bond acceptors (Lipinski definition) is 2. The van der Waals surface area contributed by atoms with Gasteiger partial charge in [-0.2, -0.15) is 9.90 Å². The molecule has 0 saturated heterocycles. The lowest BCUT2D eigenvalue weighted by Crippen LogP contribution is -2.36. The quantitative estimate of drug-likeness (QED) is 0.432. The fourth-order valence-corrected chi connectivity index (χ4v) is 0.300. The van der Waals surface area contributed by atoms with Gasteiger partial charge in [0.25, 0.3) is 0 Å². The molecule has 0 bridgehead atoms. The zero-order valence-corrected chi connectivity index (χ0v) is 8.14. The second-order valence-electron chi connectivity index (χ2n) is 2.74. The van der Waals surface area contributed by atoms with Gasteiger partial charge in [-0.05, 0) is 0 Å². The van der Waals surface area contributed by atoms with Crippen LogP contribution in [0.25, 0.3) is 0 Å². The van der Waals surface area contributed by atoms with E-state index < -0.39 is 0 Å². The molecule has 0 amide bonds. The Morgan fingerprint density at radius 3 is 1.56 bits per heavy atom. The van der Waals surface area contributed by atoms with E-state index in [0.717, 1.165) is 11.0 Å². The SMILES string of the molecule is C[N+](C)(C)CCO.N.P. The van der Waals surface area contributed by atoms with Crippen molar-refractivity contribution in [3.63, 3.8) is 0 Å². The molecule has 1 unspecified atom stereocenters. The van der Waals surface area contributed by atoms with E-state index in [1.54, 1.807) is 0 Å². The first-order valence-corrected chi connectivity index (χ1v) is 2.47. The van der Waals surface area contributed by atoms with Crippen molar-refractivity contribution >= 4 is 9.90 Å². The molecular weight excluding hydrogens is 135 g/mol. The topological polar surface area (TPSA) is 55.2 Å². The summed E-state index contributed by atoms with van der Waals surface area (Å²) >= 11 is 0. The third-order valence-corrected chi connectivity index (χ3v) is 0.771. The molecule has 4 heteroatoms. The van der Waals surface area contributed by atoms with Gasteiger partial charge in [0.05, 0.1) is 27.7 Å². The van der Waals surface area contributed by atoms with E-state index in [9.17, 15) is 0 Å². The van der Waals surface area contributed by atoms with E-state index in [1.165, 1.54) is 0 Å². The highest BCUT2D eigenvalue weighted by Crippen LogP contribution is 1.84. The number of quaternary nitrogens is 1. The zero-order valence-electron chi connectivity index (χ0n) is 6.72. The van der Waals surface area contributed by atoms with Gasteiger partial charge in [0.15, 0.2) is 0 Å². The van der Waals surface area contributed by atoms with E-state index in [1.807, 2.05) is 0 Å². The molecule has 9 heavy (non-hydrogen) atoms. The van der Waals surface area contributed by atoms with Crippen LogP contribution in [0.3, 0.4) is 0 Å². The van der Waals surface area contributed by atoms with Gasteiger partial charge in [0, 0.05) is 0 Å². The molecule has 0 rings (SSSR count). The van der Waals surface area contributed by atoms with Crippen LogP contribution in [0.4, 0.5) is 0 Å². The molecule has 0 aromatic carbocycles. The molecular formula is C5H20N2OP+. The van der Waals surface area contributed by atoms with Crippen LogP contribution >= 0.6 is 9.90 Å². The minimum Gasteiger partial charge on any atom is -0.391 e. The zero-order chi connectivity index (χ0) is 5.91. The summed E-state index contributed by atoms with van der Waals surface area (Å²) in [6.07, 6.45) is 0. The molecule has 0 aromatic heterocycles. The van der Waals surface area contributed by atoms with Crippen molar-refractivity contribution in [3.05, 3.63) is 0 Å². The fraction of sp³-hybridized carbons (Fsp3) is 1.00.